The van der Waals surface area contributed by atoms with E-state index in [2.05, 4.69) is 4.98 Å². The summed E-state index contributed by atoms with van der Waals surface area (Å²) in [4.78, 5) is 4.11. The molecule has 0 aliphatic carbocycles. The van der Waals surface area contributed by atoms with Gasteiger partial charge >= 0.3 is 0 Å². The van der Waals surface area contributed by atoms with Crippen molar-refractivity contribution in [2.45, 2.75) is 6.61 Å². The fourth-order valence-electron chi connectivity index (χ4n) is 1.71. The van der Waals surface area contributed by atoms with Crippen molar-refractivity contribution in [1.29, 1.82) is 0 Å². The largest absolute Gasteiger partial charge is 0.487 e. The van der Waals surface area contributed by atoms with Gasteiger partial charge in [-0.15, -0.1) is 0 Å². The summed E-state index contributed by atoms with van der Waals surface area (Å²) in [6, 6.07) is 10.0. The zero-order valence-electron chi connectivity index (χ0n) is 9.17. The first kappa shape index (κ1) is 9.90. The Bertz CT molecular complexity index is 616. The highest BCUT2D eigenvalue weighted by atomic mass is 16.5. The van der Waals surface area contributed by atoms with E-state index >= 15 is 0 Å². The van der Waals surface area contributed by atoms with Crippen LogP contribution in [-0.4, -0.2) is 4.98 Å². The number of ether oxygens (including phenoxy) is 1. The molecule has 3 nitrogen and oxygen atoms in total. The second-order valence-electron chi connectivity index (χ2n) is 3.79. The van der Waals surface area contributed by atoms with Crippen LogP contribution in [0.1, 0.15) is 5.56 Å². The van der Waals surface area contributed by atoms with Crippen LogP contribution in [0.15, 0.2) is 59.7 Å². The molecule has 0 amide bonds. The average Bonchev–Trinajstić information content (AvgIpc) is 2.86. The van der Waals surface area contributed by atoms with Gasteiger partial charge < -0.3 is 9.15 Å². The molecule has 3 heteroatoms. The monoisotopic (exact) mass is 225 g/mol. The molecule has 0 aliphatic heterocycles. The third kappa shape index (κ3) is 1.99. The molecule has 1 aromatic carbocycles. The normalized spacial score (nSPS) is 10.6. The lowest BCUT2D eigenvalue weighted by Gasteiger charge is -2.06. The topological polar surface area (TPSA) is 35.3 Å². The quantitative estimate of drug-likeness (QED) is 0.685. The molecule has 0 bridgehead atoms. The van der Waals surface area contributed by atoms with Crippen LogP contribution in [0.25, 0.3) is 10.8 Å². The fraction of sp³-hybridized carbons (Fsp3) is 0.0714. The SMILES string of the molecule is c1ccc(COc2cncc3cocc23)cc1. The van der Waals surface area contributed by atoms with Crippen molar-refractivity contribution >= 4 is 10.8 Å². The van der Waals surface area contributed by atoms with Gasteiger partial charge in [-0.25, -0.2) is 0 Å². The Morgan fingerprint density at radius 1 is 1.06 bits per heavy atom. The number of furan rings is 1. The summed E-state index contributed by atoms with van der Waals surface area (Å²) in [7, 11) is 0. The van der Waals surface area contributed by atoms with E-state index in [1.165, 1.54) is 0 Å². The minimum atomic E-state index is 0.535. The van der Waals surface area contributed by atoms with E-state index in [4.69, 9.17) is 9.15 Å². The van der Waals surface area contributed by atoms with E-state index < -0.39 is 0 Å². The molecular weight excluding hydrogens is 214 g/mol. The summed E-state index contributed by atoms with van der Waals surface area (Å²) in [5, 5.41) is 1.91. The Hall–Kier alpha value is -2.29. The zero-order valence-corrected chi connectivity index (χ0v) is 9.17. The van der Waals surface area contributed by atoms with Gasteiger partial charge in [0, 0.05) is 11.6 Å². The molecule has 2 aromatic heterocycles. The lowest BCUT2D eigenvalue weighted by Crippen LogP contribution is -1.95. The maximum absolute atomic E-state index is 5.74. The molecule has 84 valence electrons. The Labute approximate surface area is 98.7 Å². The van der Waals surface area contributed by atoms with E-state index in [0.29, 0.717) is 6.61 Å². The van der Waals surface area contributed by atoms with Gasteiger partial charge in [0.25, 0.3) is 0 Å². The van der Waals surface area contributed by atoms with E-state index in [1.807, 2.05) is 30.3 Å². The number of fused-ring (bicyclic) bond motifs is 1. The maximum atomic E-state index is 5.74. The first-order valence-electron chi connectivity index (χ1n) is 5.40. The van der Waals surface area contributed by atoms with Gasteiger partial charge in [-0.3, -0.25) is 4.98 Å². The van der Waals surface area contributed by atoms with Crippen LogP contribution in [0.5, 0.6) is 5.75 Å². The average molecular weight is 225 g/mol. The Morgan fingerprint density at radius 3 is 2.82 bits per heavy atom. The van der Waals surface area contributed by atoms with Gasteiger partial charge in [0.2, 0.25) is 0 Å². The molecule has 0 saturated carbocycles. The van der Waals surface area contributed by atoms with Crippen molar-refractivity contribution in [1.82, 2.24) is 4.98 Å². The molecule has 2 heterocycles. The third-order valence-electron chi connectivity index (χ3n) is 2.60. The van der Waals surface area contributed by atoms with Crippen LogP contribution < -0.4 is 4.74 Å². The minimum Gasteiger partial charge on any atom is -0.487 e. The van der Waals surface area contributed by atoms with Crippen molar-refractivity contribution in [3.8, 4) is 5.75 Å². The summed E-state index contributed by atoms with van der Waals surface area (Å²) in [5.74, 6) is 0.750. The molecule has 3 rings (SSSR count). The van der Waals surface area contributed by atoms with Crippen molar-refractivity contribution < 1.29 is 9.15 Å². The Morgan fingerprint density at radius 2 is 1.94 bits per heavy atom. The molecule has 0 N–H and O–H groups in total. The van der Waals surface area contributed by atoms with Crippen LogP contribution in [0, 0.1) is 0 Å². The predicted octanol–water partition coefficient (Wildman–Crippen LogP) is 3.41. The van der Waals surface area contributed by atoms with E-state index in [1.54, 1.807) is 24.9 Å². The molecule has 0 spiro atoms. The van der Waals surface area contributed by atoms with E-state index in [-0.39, 0.29) is 0 Å². The number of aromatic nitrogens is 1. The molecule has 17 heavy (non-hydrogen) atoms. The number of hydrogen-bond acceptors (Lipinski definition) is 3. The molecule has 0 fully saturated rings. The first-order chi connectivity index (χ1) is 8.43. The number of benzene rings is 1. The van der Waals surface area contributed by atoms with Gasteiger partial charge in [0.05, 0.1) is 17.8 Å². The standard InChI is InChI=1S/C14H11NO2/c1-2-4-11(5-3-1)8-17-14-7-15-6-12-9-16-10-13(12)14/h1-7,9-10H,8H2. The van der Waals surface area contributed by atoms with Gasteiger partial charge in [-0.05, 0) is 5.56 Å². The van der Waals surface area contributed by atoms with Crippen molar-refractivity contribution in [3.63, 3.8) is 0 Å². The predicted molar refractivity (Wildman–Crippen MR) is 64.8 cm³/mol. The highest BCUT2D eigenvalue weighted by Gasteiger charge is 2.04. The number of hydrogen-bond donors (Lipinski definition) is 0. The summed E-state index contributed by atoms with van der Waals surface area (Å²) >= 11 is 0. The van der Waals surface area contributed by atoms with E-state index in [9.17, 15) is 0 Å². The van der Waals surface area contributed by atoms with Gasteiger partial charge in [-0.1, -0.05) is 30.3 Å². The van der Waals surface area contributed by atoms with Gasteiger partial charge in [-0.2, -0.15) is 0 Å². The van der Waals surface area contributed by atoms with Gasteiger partial charge in [0.15, 0.2) is 0 Å². The molecule has 0 saturated heterocycles. The fourth-order valence-corrected chi connectivity index (χ4v) is 1.71. The van der Waals surface area contributed by atoms with E-state index in [0.717, 1.165) is 22.1 Å². The maximum Gasteiger partial charge on any atom is 0.149 e. The smallest absolute Gasteiger partial charge is 0.149 e. The van der Waals surface area contributed by atoms with Crippen molar-refractivity contribution in [2.75, 3.05) is 0 Å². The van der Waals surface area contributed by atoms with Crippen molar-refractivity contribution in [3.05, 3.63) is 60.8 Å². The number of nitrogens with zero attached hydrogens (tertiary/aromatic N) is 1. The number of rotatable bonds is 3. The van der Waals surface area contributed by atoms with Crippen LogP contribution in [0.3, 0.4) is 0 Å². The summed E-state index contributed by atoms with van der Waals surface area (Å²) < 4.78 is 10.9. The highest BCUT2D eigenvalue weighted by Crippen LogP contribution is 2.25. The zero-order chi connectivity index (χ0) is 11.5. The van der Waals surface area contributed by atoms with Crippen molar-refractivity contribution in [2.24, 2.45) is 0 Å². The molecule has 3 aromatic rings. The molecule has 0 aliphatic rings. The van der Waals surface area contributed by atoms with Crippen LogP contribution in [-0.2, 0) is 6.61 Å². The molecule has 0 radical (unpaired) electrons. The molecule has 0 unspecified atom stereocenters. The molecular formula is C14H11NO2. The van der Waals surface area contributed by atoms with Gasteiger partial charge in [0.1, 0.15) is 18.6 Å². The Kier molecular flexibility index (Phi) is 2.50. The highest BCUT2D eigenvalue weighted by molar-refractivity contribution is 5.85. The summed E-state index contributed by atoms with van der Waals surface area (Å²) in [6.45, 7) is 0.535. The minimum absolute atomic E-state index is 0.535. The third-order valence-corrected chi connectivity index (χ3v) is 2.60. The first-order valence-corrected chi connectivity index (χ1v) is 5.40. The molecule has 0 atom stereocenters. The van der Waals surface area contributed by atoms with Crippen LogP contribution >= 0.6 is 0 Å². The Balaban J connectivity index is 1.84. The lowest BCUT2D eigenvalue weighted by atomic mass is 10.2. The van der Waals surface area contributed by atoms with Crippen LogP contribution in [0.4, 0.5) is 0 Å². The summed E-state index contributed by atoms with van der Waals surface area (Å²) in [5.41, 5.74) is 1.13. The second-order valence-corrected chi connectivity index (χ2v) is 3.79. The van der Waals surface area contributed by atoms with Crippen LogP contribution in [0.2, 0.25) is 0 Å². The summed E-state index contributed by atoms with van der Waals surface area (Å²) in [6.07, 6.45) is 6.81. The lowest BCUT2D eigenvalue weighted by molar-refractivity contribution is 0.308. The number of pyridine rings is 1. The second kappa shape index (κ2) is 4.29.